The molecule has 2 aliphatic carbocycles. The van der Waals surface area contributed by atoms with Crippen LogP contribution in [-0.2, 0) is 4.74 Å². The van der Waals surface area contributed by atoms with Crippen LogP contribution in [-0.4, -0.2) is 25.2 Å². The van der Waals surface area contributed by atoms with Gasteiger partial charge in [-0.25, -0.2) is 13.6 Å². The van der Waals surface area contributed by atoms with Gasteiger partial charge in [-0.1, -0.05) is 12.1 Å². The predicted molar refractivity (Wildman–Crippen MR) is 85.5 cm³/mol. The third-order valence-electron chi connectivity index (χ3n) is 5.67. The third-order valence-corrected chi connectivity index (χ3v) is 5.67. The number of carbonyl (C=O) groups excluding carboxylic acids is 1. The summed E-state index contributed by atoms with van der Waals surface area (Å²) in [7, 11) is 1.24. The number of alkyl halides is 5. The van der Waals surface area contributed by atoms with Crippen molar-refractivity contribution in [1.82, 2.24) is 0 Å². The molecule has 0 radical (unpaired) electrons. The van der Waals surface area contributed by atoms with Crippen molar-refractivity contribution in [1.29, 1.82) is 0 Å². The summed E-state index contributed by atoms with van der Waals surface area (Å²) in [6, 6.07) is 4.94. The van der Waals surface area contributed by atoms with Crippen LogP contribution in [0.15, 0.2) is 18.2 Å². The van der Waals surface area contributed by atoms with Crippen LogP contribution < -0.4 is 0 Å². The fourth-order valence-electron chi connectivity index (χ4n) is 4.10. The minimum absolute atomic E-state index is 0.0144. The lowest BCUT2D eigenvalue weighted by Crippen LogP contribution is -2.33. The number of benzene rings is 1. The minimum Gasteiger partial charge on any atom is -0.465 e. The first-order valence-electron chi connectivity index (χ1n) is 8.77. The molecular formula is C19H21F5O2. The molecule has 144 valence electrons. The van der Waals surface area contributed by atoms with Gasteiger partial charge in [-0.2, -0.15) is 13.2 Å². The zero-order chi connectivity index (χ0) is 19.1. The number of rotatable bonds is 3. The zero-order valence-electron chi connectivity index (χ0n) is 14.4. The molecule has 0 amide bonds. The van der Waals surface area contributed by atoms with E-state index in [9.17, 15) is 26.7 Å². The Morgan fingerprint density at radius 2 is 1.69 bits per heavy atom. The van der Waals surface area contributed by atoms with Crippen molar-refractivity contribution in [2.75, 3.05) is 7.11 Å². The Bertz CT molecular complexity index is 667. The van der Waals surface area contributed by atoms with Crippen LogP contribution in [0.25, 0.3) is 0 Å². The smallest absolute Gasteiger partial charge is 0.391 e. The first-order chi connectivity index (χ1) is 12.1. The monoisotopic (exact) mass is 376 g/mol. The largest absolute Gasteiger partial charge is 0.465 e. The van der Waals surface area contributed by atoms with E-state index < -0.39 is 24.0 Å². The molecule has 0 bridgehead atoms. The molecule has 0 atom stereocenters. The molecule has 0 N–H and O–H groups in total. The van der Waals surface area contributed by atoms with E-state index in [2.05, 4.69) is 0 Å². The zero-order valence-corrected chi connectivity index (χ0v) is 14.4. The van der Waals surface area contributed by atoms with Gasteiger partial charge in [0, 0.05) is 12.8 Å². The van der Waals surface area contributed by atoms with E-state index in [0.29, 0.717) is 24.0 Å². The molecule has 26 heavy (non-hydrogen) atoms. The van der Waals surface area contributed by atoms with Gasteiger partial charge < -0.3 is 4.74 Å². The van der Waals surface area contributed by atoms with Gasteiger partial charge in [0.2, 0.25) is 5.92 Å². The standard InChI is InChI=1S/C19H21F5O2/c1-26-17(25)15-7-4-12(13-9-18(20,21)10-13)8-16(15)11-2-5-14(6-3-11)19(22,23)24/h4,7-8,11,13-14H,2-3,5-6,9-10H2,1H3. The summed E-state index contributed by atoms with van der Waals surface area (Å²) in [5, 5.41) is 0. The van der Waals surface area contributed by atoms with Crippen molar-refractivity contribution < 1.29 is 31.5 Å². The van der Waals surface area contributed by atoms with Gasteiger partial charge in [-0.05, 0) is 54.7 Å². The molecule has 2 fully saturated rings. The van der Waals surface area contributed by atoms with Gasteiger partial charge in [0.1, 0.15) is 0 Å². The first-order valence-corrected chi connectivity index (χ1v) is 8.77. The predicted octanol–water partition coefficient (Wildman–Crippen LogP) is 5.82. The average molecular weight is 376 g/mol. The molecule has 0 saturated heterocycles. The van der Waals surface area contributed by atoms with Gasteiger partial charge in [-0.3, -0.25) is 0 Å². The normalized spacial score (nSPS) is 26.2. The van der Waals surface area contributed by atoms with Crippen molar-refractivity contribution in [2.24, 2.45) is 5.92 Å². The summed E-state index contributed by atoms with van der Waals surface area (Å²) >= 11 is 0. The van der Waals surface area contributed by atoms with Crippen LogP contribution in [0.2, 0.25) is 0 Å². The maximum Gasteiger partial charge on any atom is 0.391 e. The Labute approximate surface area is 148 Å². The summed E-state index contributed by atoms with van der Waals surface area (Å²) in [5.74, 6) is -4.99. The summed E-state index contributed by atoms with van der Waals surface area (Å²) in [6.07, 6.45) is -4.00. The number of ether oxygens (including phenoxy) is 1. The molecule has 7 heteroatoms. The number of esters is 1. The van der Waals surface area contributed by atoms with E-state index in [1.165, 1.54) is 7.11 Å². The Morgan fingerprint density at radius 1 is 1.08 bits per heavy atom. The second kappa shape index (κ2) is 6.82. The van der Waals surface area contributed by atoms with E-state index in [-0.39, 0.29) is 37.5 Å². The van der Waals surface area contributed by atoms with Gasteiger partial charge in [0.15, 0.2) is 0 Å². The number of methoxy groups -OCH3 is 1. The van der Waals surface area contributed by atoms with Gasteiger partial charge in [0.05, 0.1) is 18.6 Å². The van der Waals surface area contributed by atoms with Crippen molar-refractivity contribution in [3.8, 4) is 0 Å². The molecule has 2 nitrogen and oxygen atoms in total. The van der Waals surface area contributed by atoms with Crippen molar-refractivity contribution >= 4 is 5.97 Å². The number of halogens is 5. The topological polar surface area (TPSA) is 26.3 Å². The molecule has 2 saturated carbocycles. The van der Waals surface area contributed by atoms with Crippen LogP contribution in [0.3, 0.4) is 0 Å². The molecular weight excluding hydrogens is 355 g/mol. The van der Waals surface area contributed by atoms with E-state index in [1.54, 1.807) is 18.2 Å². The molecule has 0 heterocycles. The molecule has 0 unspecified atom stereocenters. The van der Waals surface area contributed by atoms with Crippen LogP contribution in [0.4, 0.5) is 22.0 Å². The highest BCUT2D eigenvalue weighted by molar-refractivity contribution is 5.91. The Kier molecular flexibility index (Phi) is 5.01. The van der Waals surface area contributed by atoms with Crippen LogP contribution in [0, 0.1) is 5.92 Å². The molecule has 3 rings (SSSR count). The average Bonchev–Trinajstić information content (AvgIpc) is 2.57. The third kappa shape index (κ3) is 3.86. The highest BCUT2D eigenvalue weighted by Gasteiger charge is 2.46. The summed E-state index contributed by atoms with van der Waals surface area (Å²) in [5.41, 5.74) is 1.67. The van der Waals surface area contributed by atoms with Gasteiger partial charge in [0.25, 0.3) is 0 Å². The molecule has 1 aromatic carbocycles. The summed E-state index contributed by atoms with van der Waals surface area (Å²) in [6.45, 7) is 0. The van der Waals surface area contributed by atoms with Gasteiger partial charge in [-0.15, -0.1) is 0 Å². The summed E-state index contributed by atoms with van der Waals surface area (Å²) < 4.78 is 69.8. The quantitative estimate of drug-likeness (QED) is 0.491. The van der Waals surface area contributed by atoms with E-state index in [0.717, 1.165) is 5.56 Å². The Hall–Kier alpha value is -1.66. The lowest BCUT2D eigenvalue weighted by atomic mass is 9.73. The highest BCUT2D eigenvalue weighted by atomic mass is 19.4. The van der Waals surface area contributed by atoms with Crippen LogP contribution in [0.5, 0.6) is 0 Å². The number of hydrogen-bond donors (Lipinski definition) is 0. The van der Waals surface area contributed by atoms with Crippen molar-refractivity contribution in [2.45, 2.75) is 62.5 Å². The lowest BCUT2D eigenvalue weighted by molar-refractivity contribution is -0.182. The maximum atomic E-state index is 13.2. The van der Waals surface area contributed by atoms with E-state index in [4.69, 9.17) is 4.74 Å². The number of carbonyl (C=O) groups is 1. The van der Waals surface area contributed by atoms with E-state index >= 15 is 0 Å². The molecule has 1 aromatic rings. The second-order valence-corrected chi connectivity index (χ2v) is 7.39. The SMILES string of the molecule is COC(=O)c1ccc(C2CC(F)(F)C2)cc1C1CCC(C(F)(F)F)CC1. The number of hydrogen-bond acceptors (Lipinski definition) is 2. The van der Waals surface area contributed by atoms with Gasteiger partial charge >= 0.3 is 12.1 Å². The van der Waals surface area contributed by atoms with Crippen molar-refractivity contribution in [3.05, 3.63) is 34.9 Å². The second-order valence-electron chi connectivity index (χ2n) is 7.39. The van der Waals surface area contributed by atoms with Crippen LogP contribution in [0.1, 0.15) is 71.8 Å². The molecule has 0 aromatic heterocycles. The lowest BCUT2D eigenvalue weighted by Gasteiger charge is -2.36. The molecule has 2 aliphatic rings. The minimum atomic E-state index is -4.20. The first kappa shape index (κ1) is 19.1. The maximum absolute atomic E-state index is 13.2. The van der Waals surface area contributed by atoms with Crippen LogP contribution >= 0.6 is 0 Å². The molecule has 0 spiro atoms. The summed E-state index contributed by atoms with van der Waals surface area (Å²) in [4.78, 5) is 12.0. The molecule has 0 aliphatic heterocycles. The Balaban J connectivity index is 1.83. The van der Waals surface area contributed by atoms with E-state index in [1.807, 2.05) is 0 Å². The highest BCUT2D eigenvalue weighted by Crippen LogP contribution is 2.49. The van der Waals surface area contributed by atoms with Crippen molar-refractivity contribution in [3.63, 3.8) is 0 Å². The fraction of sp³-hybridized carbons (Fsp3) is 0.632. The fourth-order valence-corrected chi connectivity index (χ4v) is 4.10. The Morgan fingerprint density at radius 3 is 2.19 bits per heavy atom.